The third-order valence-corrected chi connectivity index (χ3v) is 9.99. The molecule has 0 N–H and O–H groups in total. The topological polar surface area (TPSA) is 38.7 Å². The minimum atomic E-state index is 0.656. The van der Waals surface area contributed by atoms with Crippen LogP contribution in [0, 0.1) is 0 Å². The summed E-state index contributed by atoms with van der Waals surface area (Å²) in [5.41, 5.74) is 7.64. The molecule has 2 heterocycles. The van der Waals surface area contributed by atoms with Crippen LogP contribution in [0.2, 0.25) is 0 Å². The monoisotopic (exact) mass is 617 g/mol. The molecule has 0 aliphatic carbocycles. The number of benzene rings is 7. The van der Waals surface area contributed by atoms with Crippen LogP contribution in [0.4, 0.5) is 0 Å². The number of hydrogen-bond donors (Lipinski definition) is 0. The van der Waals surface area contributed by atoms with Gasteiger partial charge in [-0.1, -0.05) is 146 Å². The zero-order valence-electron chi connectivity index (χ0n) is 25.3. The van der Waals surface area contributed by atoms with Gasteiger partial charge in [0, 0.05) is 36.9 Å². The van der Waals surface area contributed by atoms with Crippen LogP contribution in [0.1, 0.15) is 0 Å². The molecule has 0 spiro atoms. The Kier molecular flexibility index (Phi) is 6.65. The van der Waals surface area contributed by atoms with E-state index in [0.717, 1.165) is 37.9 Å². The molecule has 0 unspecified atom stereocenters. The number of aromatic nitrogens is 3. The number of nitrogens with zero attached hydrogens (tertiary/aromatic N) is 3. The van der Waals surface area contributed by atoms with Gasteiger partial charge >= 0.3 is 0 Å². The minimum absolute atomic E-state index is 0.656. The van der Waals surface area contributed by atoms with E-state index >= 15 is 0 Å². The van der Waals surface area contributed by atoms with E-state index in [1.807, 2.05) is 29.5 Å². The van der Waals surface area contributed by atoms with E-state index in [0.29, 0.717) is 17.5 Å². The highest BCUT2D eigenvalue weighted by molar-refractivity contribution is 7.26. The highest BCUT2D eigenvalue weighted by Crippen LogP contribution is 2.45. The fraction of sp³-hybridized carbons (Fsp3) is 0. The molecule has 0 saturated carbocycles. The Morgan fingerprint density at radius 2 is 0.915 bits per heavy atom. The van der Waals surface area contributed by atoms with Crippen molar-refractivity contribution in [3.63, 3.8) is 0 Å². The lowest BCUT2D eigenvalue weighted by atomic mass is 9.97. The van der Waals surface area contributed by atoms with E-state index in [-0.39, 0.29) is 0 Å². The molecule has 0 amide bonds. The molecule has 0 aliphatic heterocycles. The Labute approximate surface area is 276 Å². The third kappa shape index (κ3) is 4.96. The van der Waals surface area contributed by atoms with E-state index in [4.69, 9.17) is 15.0 Å². The highest BCUT2D eigenvalue weighted by atomic mass is 32.1. The molecule has 0 saturated heterocycles. The molecule has 3 nitrogen and oxygen atoms in total. The van der Waals surface area contributed by atoms with Gasteiger partial charge in [0.25, 0.3) is 0 Å². The smallest absolute Gasteiger partial charge is 0.165 e. The van der Waals surface area contributed by atoms with Crippen LogP contribution < -0.4 is 0 Å². The molecule has 9 aromatic rings. The van der Waals surface area contributed by atoms with E-state index in [9.17, 15) is 0 Å². The summed E-state index contributed by atoms with van der Waals surface area (Å²) in [6.45, 7) is 0. The van der Waals surface area contributed by atoms with Gasteiger partial charge in [-0.05, 0) is 51.2 Å². The largest absolute Gasteiger partial charge is 0.208 e. The number of fused-ring (bicyclic) bond motifs is 4. The maximum absolute atomic E-state index is 5.23. The molecule has 4 heteroatoms. The predicted octanol–water partition coefficient (Wildman–Crippen LogP) is 11.7. The van der Waals surface area contributed by atoms with Gasteiger partial charge < -0.3 is 0 Å². The first-order valence-corrected chi connectivity index (χ1v) is 16.5. The van der Waals surface area contributed by atoms with Gasteiger partial charge in [-0.15, -0.1) is 11.3 Å². The van der Waals surface area contributed by atoms with Gasteiger partial charge in [0.1, 0.15) is 0 Å². The van der Waals surface area contributed by atoms with E-state index in [1.165, 1.54) is 32.0 Å². The molecule has 0 atom stereocenters. The summed E-state index contributed by atoms with van der Waals surface area (Å²) < 4.78 is 2.42. The zero-order valence-corrected chi connectivity index (χ0v) is 26.2. The summed E-state index contributed by atoms with van der Waals surface area (Å²) in [6, 6.07) is 57.4. The summed E-state index contributed by atoms with van der Waals surface area (Å²) >= 11 is 1.81. The van der Waals surface area contributed by atoms with Crippen molar-refractivity contribution < 1.29 is 0 Å². The summed E-state index contributed by atoms with van der Waals surface area (Å²) in [7, 11) is 0. The van der Waals surface area contributed by atoms with Crippen molar-refractivity contribution in [2.45, 2.75) is 0 Å². The normalized spacial score (nSPS) is 11.4. The summed E-state index contributed by atoms with van der Waals surface area (Å²) in [5, 5.41) is 4.77. The molecule has 7 aromatic carbocycles. The van der Waals surface area contributed by atoms with Crippen molar-refractivity contribution in [1.29, 1.82) is 0 Å². The van der Waals surface area contributed by atoms with Crippen LogP contribution >= 0.6 is 11.3 Å². The predicted molar refractivity (Wildman–Crippen MR) is 197 cm³/mol. The van der Waals surface area contributed by atoms with Gasteiger partial charge in [0.2, 0.25) is 0 Å². The number of hydrogen-bond acceptors (Lipinski definition) is 4. The lowest BCUT2D eigenvalue weighted by Gasteiger charge is -2.11. The van der Waals surface area contributed by atoms with E-state index in [2.05, 4.69) is 146 Å². The summed E-state index contributed by atoms with van der Waals surface area (Å²) in [6.07, 6.45) is 0. The lowest BCUT2D eigenvalue weighted by molar-refractivity contribution is 1.08. The van der Waals surface area contributed by atoms with Gasteiger partial charge in [-0.25, -0.2) is 15.0 Å². The lowest BCUT2D eigenvalue weighted by Crippen LogP contribution is -2.00. The maximum atomic E-state index is 5.23. The second-order valence-corrected chi connectivity index (χ2v) is 12.7. The van der Waals surface area contributed by atoms with Crippen molar-refractivity contribution in [1.82, 2.24) is 15.0 Å². The Balaban J connectivity index is 1.35. The minimum Gasteiger partial charge on any atom is -0.208 e. The molecule has 2 aromatic heterocycles. The fourth-order valence-electron chi connectivity index (χ4n) is 6.38. The van der Waals surface area contributed by atoms with Crippen LogP contribution in [0.25, 0.3) is 87.4 Å². The van der Waals surface area contributed by atoms with Gasteiger partial charge in [0.05, 0.1) is 0 Å². The average Bonchev–Trinajstić information content (AvgIpc) is 3.54. The first-order chi connectivity index (χ1) is 23.3. The molecule has 0 radical (unpaired) electrons. The first kappa shape index (κ1) is 27.3. The standard InChI is InChI=1S/C43H27N3S/c1-4-13-28(14-5-1)34-26-37-36-22-12-21-35(30-16-6-2-7-17-30)39(36)47-40(37)38(27-34)43-45-41(31-18-8-3-9-19-31)44-42(46-43)33-24-23-29-15-10-11-20-32(29)25-33/h1-27H. The van der Waals surface area contributed by atoms with Gasteiger partial charge in [0.15, 0.2) is 17.5 Å². The number of thiophene rings is 1. The van der Waals surface area contributed by atoms with Crippen LogP contribution in [-0.4, -0.2) is 15.0 Å². The quantitative estimate of drug-likeness (QED) is 0.193. The molecule has 0 bridgehead atoms. The van der Waals surface area contributed by atoms with Crippen molar-refractivity contribution in [2.24, 2.45) is 0 Å². The molecular weight excluding hydrogens is 591 g/mol. The van der Waals surface area contributed by atoms with Crippen molar-refractivity contribution >= 4 is 42.3 Å². The van der Waals surface area contributed by atoms with Gasteiger partial charge in [-0.2, -0.15) is 0 Å². The molecule has 47 heavy (non-hydrogen) atoms. The van der Waals surface area contributed by atoms with Crippen molar-refractivity contribution in [3.8, 4) is 56.4 Å². The second-order valence-electron chi connectivity index (χ2n) is 11.7. The summed E-state index contributed by atoms with van der Waals surface area (Å²) in [5.74, 6) is 1.98. The highest BCUT2D eigenvalue weighted by Gasteiger charge is 2.20. The van der Waals surface area contributed by atoms with Crippen molar-refractivity contribution in [2.75, 3.05) is 0 Å². The Hall–Kier alpha value is -5.97. The van der Waals surface area contributed by atoms with Crippen LogP contribution in [-0.2, 0) is 0 Å². The van der Waals surface area contributed by atoms with Gasteiger partial charge in [-0.3, -0.25) is 0 Å². The molecule has 0 aliphatic rings. The second kappa shape index (κ2) is 11.4. The molecular formula is C43H27N3S. The Morgan fingerprint density at radius 3 is 1.66 bits per heavy atom. The Bertz CT molecular complexity index is 2560. The molecule has 0 fully saturated rings. The molecule has 220 valence electrons. The number of rotatable bonds is 5. The maximum Gasteiger partial charge on any atom is 0.165 e. The average molecular weight is 618 g/mol. The Morgan fingerprint density at radius 1 is 0.319 bits per heavy atom. The SMILES string of the molecule is c1ccc(-c2cc(-c3nc(-c4ccccc4)nc(-c4ccc5ccccc5c4)n3)c3sc4c(-c5ccccc5)cccc4c3c2)cc1. The zero-order chi connectivity index (χ0) is 31.2. The van der Waals surface area contributed by atoms with Crippen LogP contribution in [0.3, 0.4) is 0 Å². The van der Waals surface area contributed by atoms with E-state index < -0.39 is 0 Å². The third-order valence-electron chi connectivity index (χ3n) is 8.71. The summed E-state index contributed by atoms with van der Waals surface area (Å²) in [4.78, 5) is 15.5. The van der Waals surface area contributed by atoms with E-state index in [1.54, 1.807) is 0 Å². The van der Waals surface area contributed by atoms with Crippen LogP contribution in [0.15, 0.2) is 164 Å². The fourth-order valence-corrected chi connectivity index (χ4v) is 7.71. The molecule has 9 rings (SSSR count). The van der Waals surface area contributed by atoms with Crippen LogP contribution in [0.5, 0.6) is 0 Å². The van der Waals surface area contributed by atoms with Crippen molar-refractivity contribution in [3.05, 3.63) is 164 Å². The first-order valence-electron chi connectivity index (χ1n) is 15.7.